The van der Waals surface area contributed by atoms with Crippen molar-refractivity contribution in [3.63, 3.8) is 0 Å². The van der Waals surface area contributed by atoms with Gasteiger partial charge in [-0.15, -0.1) is 10.2 Å². The average Bonchev–Trinajstić information content (AvgIpc) is 3.39. The predicted octanol–water partition coefficient (Wildman–Crippen LogP) is 2.71. The highest BCUT2D eigenvalue weighted by Crippen LogP contribution is 2.33. The first-order valence-corrected chi connectivity index (χ1v) is 12.1. The molecule has 1 saturated heterocycles. The third-order valence-electron chi connectivity index (χ3n) is 6.01. The van der Waals surface area contributed by atoms with E-state index in [4.69, 9.17) is 0 Å². The summed E-state index contributed by atoms with van der Waals surface area (Å²) in [7, 11) is 0. The molecular formula is C23H23N7O3S. The van der Waals surface area contributed by atoms with E-state index in [-0.39, 0.29) is 11.7 Å². The van der Waals surface area contributed by atoms with Gasteiger partial charge in [0.25, 0.3) is 5.91 Å². The van der Waals surface area contributed by atoms with Gasteiger partial charge in [0, 0.05) is 23.6 Å². The summed E-state index contributed by atoms with van der Waals surface area (Å²) in [6.07, 6.45) is 7.35. The van der Waals surface area contributed by atoms with E-state index in [1.807, 2.05) is 47.0 Å². The van der Waals surface area contributed by atoms with Gasteiger partial charge in [-0.25, -0.2) is 4.79 Å². The van der Waals surface area contributed by atoms with Gasteiger partial charge in [0.2, 0.25) is 5.91 Å². The van der Waals surface area contributed by atoms with Crippen molar-refractivity contribution >= 4 is 29.6 Å². The Bertz CT molecular complexity index is 1210. The first-order chi connectivity index (χ1) is 16.6. The van der Waals surface area contributed by atoms with Crippen molar-refractivity contribution in [3.8, 4) is 17.1 Å². The van der Waals surface area contributed by atoms with Gasteiger partial charge in [0.1, 0.15) is 5.54 Å². The van der Waals surface area contributed by atoms with E-state index in [9.17, 15) is 14.4 Å². The van der Waals surface area contributed by atoms with E-state index in [0.717, 1.165) is 35.5 Å². The fourth-order valence-electron chi connectivity index (χ4n) is 4.36. The molecule has 2 aliphatic rings. The van der Waals surface area contributed by atoms with Crippen LogP contribution in [0.3, 0.4) is 0 Å². The van der Waals surface area contributed by atoms with E-state index >= 15 is 0 Å². The van der Waals surface area contributed by atoms with Gasteiger partial charge in [-0.05, 0) is 37.1 Å². The van der Waals surface area contributed by atoms with Gasteiger partial charge in [0.15, 0.2) is 11.0 Å². The summed E-state index contributed by atoms with van der Waals surface area (Å²) in [6.45, 7) is 0. The zero-order valence-corrected chi connectivity index (χ0v) is 19.1. The van der Waals surface area contributed by atoms with Crippen LogP contribution in [0.1, 0.15) is 32.1 Å². The lowest BCUT2D eigenvalue weighted by molar-refractivity contribution is -0.139. The van der Waals surface area contributed by atoms with E-state index in [1.165, 1.54) is 11.8 Å². The lowest BCUT2D eigenvalue weighted by Gasteiger charge is -2.30. The second-order valence-corrected chi connectivity index (χ2v) is 9.20. The number of pyridine rings is 1. The highest BCUT2D eigenvalue weighted by Gasteiger charge is 2.52. The standard InChI is InChI=1S/C23H23N7O3S/c31-18(28-30-20(32)23(25-21(30)33)11-5-2-6-12-23)15-34-22-27-26-19(16-8-7-13-24-14-16)29(22)17-9-3-1-4-10-17/h1,3-4,7-10,13-14H,2,5-6,11-12,15H2,(H,25,33)(H,28,31). The number of thioether (sulfide) groups is 1. The van der Waals surface area contributed by atoms with Crippen LogP contribution in [0.25, 0.3) is 17.1 Å². The number of benzene rings is 1. The molecule has 0 radical (unpaired) electrons. The van der Waals surface area contributed by atoms with Crippen LogP contribution < -0.4 is 10.7 Å². The quantitative estimate of drug-likeness (QED) is 0.413. The molecule has 174 valence electrons. The summed E-state index contributed by atoms with van der Waals surface area (Å²) in [5.74, 6) is -0.327. The summed E-state index contributed by atoms with van der Waals surface area (Å²) in [5, 5.41) is 12.7. The number of rotatable bonds is 6. The molecule has 2 N–H and O–H groups in total. The minimum Gasteiger partial charge on any atom is -0.322 e. The minimum absolute atomic E-state index is 0.0535. The Morgan fingerprint density at radius 2 is 1.85 bits per heavy atom. The second-order valence-electron chi connectivity index (χ2n) is 8.26. The van der Waals surface area contributed by atoms with E-state index in [0.29, 0.717) is 23.8 Å². The van der Waals surface area contributed by atoms with Crippen LogP contribution in [-0.4, -0.2) is 53.9 Å². The molecule has 10 nitrogen and oxygen atoms in total. The molecule has 1 saturated carbocycles. The van der Waals surface area contributed by atoms with Crippen LogP contribution in [0, 0.1) is 0 Å². The molecule has 2 aromatic heterocycles. The zero-order valence-electron chi connectivity index (χ0n) is 18.3. The Morgan fingerprint density at radius 3 is 2.59 bits per heavy atom. The number of aromatic nitrogens is 4. The van der Waals surface area contributed by atoms with Crippen LogP contribution in [0.2, 0.25) is 0 Å². The Hall–Kier alpha value is -3.73. The highest BCUT2D eigenvalue weighted by molar-refractivity contribution is 7.99. The van der Waals surface area contributed by atoms with Gasteiger partial charge in [0.05, 0.1) is 5.75 Å². The second kappa shape index (κ2) is 9.26. The molecule has 1 aromatic carbocycles. The number of hydrazine groups is 1. The summed E-state index contributed by atoms with van der Waals surface area (Å²) >= 11 is 1.17. The number of para-hydroxylation sites is 1. The smallest absolute Gasteiger partial charge is 0.322 e. The van der Waals surface area contributed by atoms with Gasteiger partial charge >= 0.3 is 6.03 Å². The maximum atomic E-state index is 12.9. The molecule has 3 aromatic rings. The molecular weight excluding hydrogens is 454 g/mol. The van der Waals surface area contributed by atoms with Crippen molar-refractivity contribution in [1.82, 2.24) is 35.5 Å². The number of nitrogens with zero attached hydrogens (tertiary/aromatic N) is 5. The third-order valence-corrected chi connectivity index (χ3v) is 6.93. The average molecular weight is 478 g/mol. The minimum atomic E-state index is -0.887. The van der Waals surface area contributed by atoms with Crippen LogP contribution in [0.5, 0.6) is 0 Å². The van der Waals surface area contributed by atoms with Crippen molar-refractivity contribution in [2.45, 2.75) is 42.8 Å². The fourth-order valence-corrected chi connectivity index (χ4v) is 5.10. The van der Waals surface area contributed by atoms with Crippen molar-refractivity contribution in [2.75, 3.05) is 5.75 Å². The lowest BCUT2D eigenvalue weighted by atomic mass is 9.82. The third kappa shape index (κ3) is 4.14. The Morgan fingerprint density at radius 1 is 1.06 bits per heavy atom. The predicted molar refractivity (Wildman–Crippen MR) is 125 cm³/mol. The topological polar surface area (TPSA) is 122 Å². The monoisotopic (exact) mass is 477 g/mol. The number of amides is 4. The molecule has 0 unspecified atom stereocenters. The normalized spacial score (nSPS) is 17.1. The molecule has 2 fully saturated rings. The Labute approximate surface area is 200 Å². The summed E-state index contributed by atoms with van der Waals surface area (Å²) in [4.78, 5) is 42.1. The molecule has 1 spiro atoms. The molecule has 4 amide bonds. The van der Waals surface area contributed by atoms with Crippen LogP contribution in [-0.2, 0) is 9.59 Å². The van der Waals surface area contributed by atoms with Crippen LogP contribution in [0.4, 0.5) is 4.79 Å². The fraction of sp³-hybridized carbons (Fsp3) is 0.304. The number of urea groups is 1. The number of hydrogen-bond acceptors (Lipinski definition) is 7. The first kappa shape index (κ1) is 22.1. The molecule has 34 heavy (non-hydrogen) atoms. The molecule has 0 atom stereocenters. The Kier molecular flexibility index (Phi) is 6.01. The van der Waals surface area contributed by atoms with Gasteiger partial charge in [-0.2, -0.15) is 5.01 Å². The molecule has 11 heteroatoms. The van der Waals surface area contributed by atoms with E-state index in [2.05, 4.69) is 25.9 Å². The number of hydrogen-bond donors (Lipinski definition) is 2. The van der Waals surface area contributed by atoms with Gasteiger partial charge in [-0.3, -0.25) is 24.6 Å². The molecule has 3 heterocycles. The van der Waals surface area contributed by atoms with Gasteiger partial charge in [-0.1, -0.05) is 49.2 Å². The SMILES string of the molecule is O=C(CSc1nnc(-c2cccnc2)n1-c1ccccc1)NN1C(=O)NC2(CCCCC2)C1=O. The maximum Gasteiger partial charge on any atom is 0.344 e. The molecule has 0 bridgehead atoms. The van der Waals surface area contributed by atoms with Gasteiger partial charge < -0.3 is 5.32 Å². The number of imide groups is 1. The van der Waals surface area contributed by atoms with Crippen molar-refractivity contribution in [1.29, 1.82) is 0 Å². The highest BCUT2D eigenvalue weighted by atomic mass is 32.2. The lowest BCUT2D eigenvalue weighted by Crippen LogP contribution is -2.51. The van der Waals surface area contributed by atoms with Crippen LogP contribution in [0.15, 0.2) is 60.0 Å². The van der Waals surface area contributed by atoms with Crippen molar-refractivity contribution < 1.29 is 14.4 Å². The number of carbonyl (C=O) groups excluding carboxylic acids is 3. The first-order valence-electron chi connectivity index (χ1n) is 11.1. The molecule has 1 aliphatic carbocycles. The van der Waals surface area contributed by atoms with Crippen molar-refractivity contribution in [3.05, 3.63) is 54.9 Å². The van der Waals surface area contributed by atoms with E-state index < -0.39 is 17.5 Å². The van der Waals surface area contributed by atoms with Crippen LogP contribution >= 0.6 is 11.8 Å². The maximum absolute atomic E-state index is 12.9. The number of carbonyl (C=O) groups is 3. The zero-order chi connectivity index (χ0) is 23.5. The van der Waals surface area contributed by atoms with E-state index in [1.54, 1.807) is 12.4 Å². The summed E-state index contributed by atoms with van der Waals surface area (Å²) < 4.78 is 1.85. The molecule has 5 rings (SSSR count). The Balaban J connectivity index is 1.32. The summed E-state index contributed by atoms with van der Waals surface area (Å²) in [5.41, 5.74) is 3.20. The van der Waals surface area contributed by atoms with Crippen molar-refractivity contribution in [2.24, 2.45) is 0 Å². The number of nitrogens with one attached hydrogen (secondary N) is 2. The summed E-state index contributed by atoms with van der Waals surface area (Å²) in [6, 6.07) is 12.7. The molecule has 1 aliphatic heterocycles. The largest absolute Gasteiger partial charge is 0.344 e.